The van der Waals surface area contributed by atoms with E-state index < -0.39 is 11.6 Å². The Morgan fingerprint density at radius 1 is 0.973 bits per heavy atom. The molecule has 0 radical (unpaired) electrons. The maximum absolute atomic E-state index is 12.4. The summed E-state index contributed by atoms with van der Waals surface area (Å²) in [7, 11) is 0. The van der Waals surface area contributed by atoms with Crippen LogP contribution in [-0.4, -0.2) is 33.5 Å². The zero-order chi connectivity index (χ0) is 26.6. The van der Waals surface area contributed by atoms with E-state index in [1.807, 2.05) is 69.3 Å². The van der Waals surface area contributed by atoms with Crippen molar-refractivity contribution in [2.24, 2.45) is 0 Å². The van der Waals surface area contributed by atoms with Gasteiger partial charge < -0.3 is 14.3 Å². The Kier molecular flexibility index (Phi) is 8.05. The van der Waals surface area contributed by atoms with Gasteiger partial charge in [-0.2, -0.15) is 0 Å². The maximum atomic E-state index is 12.4. The van der Waals surface area contributed by atoms with Crippen LogP contribution in [0.25, 0.3) is 11.0 Å². The van der Waals surface area contributed by atoms with Gasteiger partial charge in [0, 0.05) is 28.9 Å². The Balaban J connectivity index is 1.54. The highest BCUT2D eigenvalue weighted by atomic mass is 32.2. The average Bonchev–Trinajstić information content (AvgIpc) is 3.19. The average molecular weight is 518 g/mol. The van der Waals surface area contributed by atoms with Crippen LogP contribution in [0.5, 0.6) is 0 Å². The number of nitrogens with zero attached hydrogens (tertiary/aromatic N) is 1. The molecule has 0 aliphatic rings. The number of carbonyl (C=O) groups is 2. The fourth-order valence-corrected chi connectivity index (χ4v) is 4.95. The number of rotatable bonds is 9. The highest BCUT2D eigenvalue weighted by Gasteiger charge is 2.19. The molecule has 0 spiro atoms. The lowest BCUT2D eigenvalue weighted by atomic mass is 10.1. The molecule has 0 aliphatic carbocycles. The number of furan rings is 1. The van der Waals surface area contributed by atoms with Crippen molar-refractivity contribution in [3.8, 4) is 0 Å². The number of esters is 1. The van der Waals surface area contributed by atoms with E-state index in [-0.39, 0.29) is 11.7 Å². The summed E-state index contributed by atoms with van der Waals surface area (Å²) in [5.41, 5.74) is 3.49. The molecule has 1 heterocycles. The monoisotopic (exact) mass is 517 g/mol. The number of aromatic carboxylic acids is 1. The van der Waals surface area contributed by atoms with Gasteiger partial charge in [0.15, 0.2) is 0 Å². The summed E-state index contributed by atoms with van der Waals surface area (Å²) in [6, 6.07) is 23.6. The molecule has 4 rings (SSSR count). The fraction of sp³-hybridized carbons (Fsp3) is 0.267. The molecule has 192 valence electrons. The van der Waals surface area contributed by atoms with Gasteiger partial charge in [-0.1, -0.05) is 42.5 Å². The summed E-state index contributed by atoms with van der Waals surface area (Å²) in [5, 5.41) is 10.2. The number of carboxylic acid groups (broad SMARTS) is 1. The van der Waals surface area contributed by atoms with E-state index in [2.05, 4.69) is 16.4 Å². The van der Waals surface area contributed by atoms with E-state index in [0.29, 0.717) is 23.3 Å². The van der Waals surface area contributed by atoms with Crippen LogP contribution in [0.15, 0.2) is 82.1 Å². The standard InChI is InChI=1S/C30H31NO5S/c1-20-25-18-24(14-15-26(25)35-27(20)28(32)33)37-31(17-16-21-8-6-5-7-9-21)19-22-10-12-23(13-11-22)29(34)36-30(2,3)4/h5-15,18H,16-17,19H2,1-4H3,(H,32,33). The van der Waals surface area contributed by atoms with Gasteiger partial charge in [-0.05, 0) is 87.5 Å². The smallest absolute Gasteiger partial charge is 0.372 e. The summed E-state index contributed by atoms with van der Waals surface area (Å²) in [6.07, 6.45) is 0.875. The first kappa shape index (κ1) is 26.5. The van der Waals surface area contributed by atoms with Crippen LogP contribution < -0.4 is 0 Å². The quantitative estimate of drug-likeness (QED) is 0.187. The van der Waals surface area contributed by atoms with Gasteiger partial charge >= 0.3 is 11.9 Å². The molecule has 0 fully saturated rings. The Labute approximate surface area is 221 Å². The van der Waals surface area contributed by atoms with Crippen molar-refractivity contribution in [2.75, 3.05) is 6.54 Å². The normalized spacial score (nSPS) is 11.7. The molecule has 0 amide bonds. The number of hydrogen-bond donors (Lipinski definition) is 1. The first-order valence-corrected chi connectivity index (χ1v) is 12.9. The molecular formula is C30H31NO5S. The Morgan fingerprint density at radius 2 is 1.68 bits per heavy atom. The van der Waals surface area contributed by atoms with Crippen molar-refractivity contribution >= 4 is 34.9 Å². The van der Waals surface area contributed by atoms with Crippen molar-refractivity contribution in [3.63, 3.8) is 0 Å². The molecule has 0 saturated carbocycles. The van der Waals surface area contributed by atoms with Crippen LogP contribution in [0.2, 0.25) is 0 Å². The topological polar surface area (TPSA) is 80.0 Å². The predicted octanol–water partition coefficient (Wildman–Crippen LogP) is 7.15. The third-order valence-corrected chi connectivity index (χ3v) is 6.81. The van der Waals surface area contributed by atoms with Crippen LogP contribution >= 0.6 is 11.9 Å². The Hall–Kier alpha value is -3.55. The second-order valence-electron chi connectivity index (χ2n) is 9.91. The summed E-state index contributed by atoms with van der Waals surface area (Å²) >= 11 is 1.61. The molecule has 6 nitrogen and oxygen atoms in total. The molecule has 0 bridgehead atoms. The molecule has 0 unspecified atom stereocenters. The second kappa shape index (κ2) is 11.2. The summed E-state index contributed by atoms with van der Waals surface area (Å²) in [4.78, 5) is 24.9. The van der Waals surface area contributed by atoms with Crippen LogP contribution in [0.1, 0.15) is 58.4 Å². The van der Waals surface area contributed by atoms with E-state index in [1.165, 1.54) is 5.56 Å². The molecule has 1 N–H and O–H groups in total. The number of aryl methyl sites for hydroxylation is 1. The maximum Gasteiger partial charge on any atom is 0.372 e. The molecule has 37 heavy (non-hydrogen) atoms. The third-order valence-electron chi connectivity index (χ3n) is 5.78. The number of fused-ring (bicyclic) bond motifs is 1. The first-order chi connectivity index (χ1) is 17.6. The van der Waals surface area contributed by atoms with Gasteiger partial charge in [-0.3, -0.25) is 0 Å². The van der Waals surface area contributed by atoms with Crippen molar-refractivity contribution in [1.29, 1.82) is 0 Å². The van der Waals surface area contributed by atoms with Crippen LogP contribution in [0, 0.1) is 6.92 Å². The molecule has 3 aromatic carbocycles. The number of carboxylic acids is 1. The van der Waals surface area contributed by atoms with Crippen molar-refractivity contribution in [2.45, 2.75) is 51.2 Å². The van der Waals surface area contributed by atoms with Crippen molar-refractivity contribution < 1.29 is 23.8 Å². The van der Waals surface area contributed by atoms with E-state index in [0.717, 1.165) is 28.8 Å². The third kappa shape index (κ3) is 7.02. The molecule has 1 aromatic heterocycles. The van der Waals surface area contributed by atoms with Gasteiger partial charge in [-0.25, -0.2) is 13.9 Å². The number of ether oxygens (including phenoxy) is 1. The minimum absolute atomic E-state index is 0.0249. The van der Waals surface area contributed by atoms with Gasteiger partial charge in [-0.15, -0.1) is 0 Å². The van der Waals surface area contributed by atoms with Crippen molar-refractivity contribution in [1.82, 2.24) is 4.31 Å². The van der Waals surface area contributed by atoms with Gasteiger partial charge in [0.25, 0.3) is 0 Å². The van der Waals surface area contributed by atoms with Gasteiger partial charge in [0.2, 0.25) is 5.76 Å². The molecular weight excluding hydrogens is 486 g/mol. The van der Waals surface area contributed by atoms with Crippen LogP contribution in [0.3, 0.4) is 0 Å². The van der Waals surface area contributed by atoms with E-state index in [9.17, 15) is 14.7 Å². The molecule has 0 atom stereocenters. The largest absolute Gasteiger partial charge is 0.475 e. The van der Waals surface area contributed by atoms with Gasteiger partial charge in [0.1, 0.15) is 11.2 Å². The van der Waals surface area contributed by atoms with Crippen LogP contribution in [-0.2, 0) is 17.7 Å². The molecule has 4 aromatic rings. The van der Waals surface area contributed by atoms with E-state index in [4.69, 9.17) is 9.15 Å². The zero-order valence-electron chi connectivity index (χ0n) is 21.5. The lowest BCUT2D eigenvalue weighted by molar-refractivity contribution is 0.00693. The fourth-order valence-electron chi connectivity index (χ4n) is 3.95. The number of hydrogen-bond acceptors (Lipinski definition) is 6. The minimum Gasteiger partial charge on any atom is -0.475 e. The number of carbonyl (C=O) groups excluding carboxylic acids is 1. The molecule has 0 aliphatic heterocycles. The lowest BCUT2D eigenvalue weighted by Crippen LogP contribution is -2.24. The van der Waals surface area contributed by atoms with Crippen LogP contribution in [0.4, 0.5) is 0 Å². The summed E-state index contributed by atoms with van der Waals surface area (Å²) in [6.45, 7) is 8.78. The highest BCUT2D eigenvalue weighted by Crippen LogP contribution is 2.32. The lowest BCUT2D eigenvalue weighted by Gasteiger charge is -2.22. The Bertz CT molecular complexity index is 1390. The first-order valence-electron chi connectivity index (χ1n) is 12.1. The predicted molar refractivity (Wildman–Crippen MR) is 146 cm³/mol. The number of benzene rings is 3. The Morgan fingerprint density at radius 3 is 2.32 bits per heavy atom. The SMILES string of the molecule is Cc1c(C(=O)O)oc2ccc(SN(CCc3ccccc3)Cc3ccc(C(=O)OC(C)(C)C)cc3)cc12. The van der Waals surface area contributed by atoms with Crippen molar-refractivity contribution in [3.05, 3.63) is 101 Å². The molecule has 0 saturated heterocycles. The van der Waals surface area contributed by atoms with Gasteiger partial charge in [0.05, 0.1) is 5.56 Å². The van der Waals surface area contributed by atoms with E-state index >= 15 is 0 Å². The molecule has 7 heteroatoms. The van der Waals surface area contributed by atoms with E-state index in [1.54, 1.807) is 31.0 Å². The summed E-state index contributed by atoms with van der Waals surface area (Å²) in [5.74, 6) is -1.43. The minimum atomic E-state index is -1.07. The zero-order valence-corrected chi connectivity index (χ0v) is 22.3. The summed E-state index contributed by atoms with van der Waals surface area (Å²) < 4.78 is 13.3. The second-order valence-corrected chi connectivity index (χ2v) is 11.1. The highest BCUT2D eigenvalue weighted by molar-refractivity contribution is 7.97.